The summed E-state index contributed by atoms with van der Waals surface area (Å²) in [6, 6.07) is 3.61. The molecule has 0 saturated heterocycles. The number of phenolic OH excluding ortho intramolecular Hbond substituents is 1. The van der Waals surface area contributed by atoms with Crippen molar-refractivity contribution < 1.29 is 9.84 Å². The Bertz CT molecular complexity index is 587. The van der Waals surface area contributed by atoms with Gasteiger partial charge in [-0.2, -0.15) is 0 Å². The van der Waals surface area contributed by atoms with Crippen molar-refractivity contribution in [1.29, 1.82) is 0 Å². The van der Waals surface area contributed by atoms with E-state index in [-0.39, 0.29) is 5.41 Å². The molecular weight excluding hydrogens is 328 g/mol. The molecule has 3 heteroatoms. The molecule has 2 nitrogen and oxygen atoms in total. The molecule has 0 aliphatic heterocycles. The van der Waals surface area contributed by atoms with Gasteiger partial charge in [0.05, 0.1) is 11.6 Å². The summed E-state index contributed by atoms with van der Waals surface area (Å²) in [5.74, 6) is 1.82. The molecule has 0 heterocycles. The zero-order valence-electron chi connectivity index (χ0n) is 13.1. The lowest BCUT2D eigenvalue weighted by atomic mass is 9.62. The number of benzene rings is 1. The number of hydrogen-bond acceptors (Lipinski definition) is 2. The molecule has 2 atom stereocenters. The van der Waals surface area contributed by atoms with Gasteiger partial charge in [-0.25, -0.2) is 0 Å². The molecule has 0 bridgehead atoms. The summed E-state index contributed by atoms with van der Waals surface area (Å²) >= 11 is 3.40. The van der Waals surface area contributed by atoms with Crippen LogP contribution in [0.4, 0.5) is 0 Å². The van der Waals surface area contributed by atoms with Gasteiger partial charge in [0.2, 0.25) is 0 Å². The quantitative estimate of drug-likeness (QED) is 0.820. The van der Waals surface area contributed by atoms with Crippen molar-refractivity contribution in [2.75, 3.05) is 7.11 Å². The highest BCUT2D eigenvalue weighted by atomic mass is 79.9. The maximum Gasteiger partial charge on any atom is 0.133 e. The number of rotatable bonds is 3. The fourth-order valence-electron chi connectivity index (χ4n) is 2.95. The van der Waals surface area contributed by atoms with Crippen molar-refractivity contribution in [3.8, 4) is 11.5 Å². The van der Waals surface area contributed by atoms with Crippen LogP contribution in [0.1, 0.15) is 26.3 Å². The lowest BCUT2D eigenvalue weighted by molar-refractivity contribution is 0.176. The van der Waals surface area contributed by atoms with Crippen molar-refractivity contribution in [1.82, 2.24) is 0 Å². The third kappa shape index (κ3) is 3.03. The van der Waals surface area contributed by atoms with E-state index in [1.807, 2.05) is 6.07 Å². The Balaban J connectivity index is 2.37. The molecule has 2 rings (SSSR count). The first-order chi connectivity index (χ1) is 9.77. The molecule has 0 radical (unpaired) electrons. The summed E-state index contributed by atoms with van der Waals surface area (Å²) < 4.78 is 6.10. The fourth-order valence-corrected chi connectivity index (χ4v) is 3.44. The van der Waals surface area contributed by atoms with Crippen molar-refractivity contribution in [2.45, 2.75) is 27.2 Å². The zero-order chi connectivity index (χ0) is 15.8. The zero-order valence-corrected chi connectivity index (χ0v) is 14.7. The van der Waals surface area contributed by atoms with Gasteiger partial charge in [-0.15, -0.1) is 0 Å². The second-order valence-corrected chi connectivity index (χ2v) is 7.27. The van der Waals surface area contributed by atoms with Gasteiger partial charge >= 0.3 is 0 Å². The average molecular weight is 351 g/mol. The van der Waals surface area contributed by atoms with Crippen molar-refractivity contribution in [2.24, 2.45) is 17.3 Å². The van der Waals surface area contributed by atoms with Gasteiger partial charge in [0.25, 0.3) is 0 Å². The maximum absolute atomic E-state index is 10.2. The lowest BCUT2D eigenvalue weighted by Gasteiger charge is -2.42. The second kappa shape index (κ2) is 5.88. The smallest absolute Gasteiger partial charge is 0.133 e. The number of aromatic hydroxyl groups is 1. The Hall–Kier alpha value is -1.22. The number of hydrogen-bond donors (Lipinski definition) is 1. The van der Waals surface area contributed by atoms with Crippen LogP contribution in [0, 0.1) is 17.3 Å². The first kappa shape index (κ1) is 16.2. The van der Waals surface area contributed by atoms with Crippen LogP contribution in [0.25, 0.3) is 0 Å². The third-order valence-corrected chi connectivity index (χ3v) is 5.52. The monoisotopic (exact) mass is 350 g/mol. The van der Waals surface area contributed by atoms with E-state index in [1.165, 1.54) is 0 Å². The molecular formula is C18H23BrO2. The van der Waals surface area contributed by atoms with Crippen LogP contribution in [-0.2, 0) is 6.42 Å². The Morgan fingerprint density at radius 1 is 1.38 bits per heavy atom. The van der Waals surface area contributed by atoms with E-state index in [0.717, 1.165) is 27.8 Å². The normalized spacial score (nSPS) is 24.1. The lowest BCUT2D eigenvalue weighted by Crippen LogP contribution is -2.35. The highest BCUT2D eigenvalue weighted by Crippen LogP contribution is 2.46. The van der Waals surface area contributed by atoms with Crippen LogP contribution in [0.15, 0.2) is 40.9 Å². The van der Waals surface area contributed by atoms with Crippen molar-refractivity contribution >= 4 is 15.9 Å². The van der Waals surface area contributed by atoms with Crippen molar-refractivity contribution in [3.05, 3.63) is 46.5 Å². The van der Waals surface area contributed by atoms with E-state index in [1.54, 1.807) is 13.2 Å². The van der Waals surface area contributed by atoms with Gasteiger partial charge in [0, 0.05) is 0 Å². The predicted molar refractivity (Wildman–Crippen MR) is 90.8 cm³/mol. The number of methoxy groups -OCH3 is 1. The van der Waals surface area contributed by atoms with Crippen LogP contribution < -0.4 is 4.74 Å². The summed E-state index contributed by atoms with van der Waals surface area (Å²) in [4.78, 5) is 0. The van der Waals surface area contributed by atoms with Crippen LogP contribution in [0.2, 0.25) is 0 Å². The second-order valence-electron chi connectivity index (χ2n) is 6.42. The van der Waals surface area contributed by atoms with E-state index >= 15 is 0 Å². The highest BCUT2D eigenvalue weighted by Gasteiger charge is 2.37. The van der Waals surface area contributed by atoms with E-state index in [9.17, 15) is 5.11 Å². The fraction of sp³-hybridized carbons (Fsp3) is 0.444. The minimum atomic E-state index is 0.110. The largest absolute Gasteiger partial charge is 0.508 e. The Labute approximate surface area is 135 Å². The van der Waals surface area contributed by atoms with Gasteiger partial charge in [-0.3, -0.25) is 0 Å². The maximum atomic E-state index is 10.2. The molecule has 0 amide bonds. The number of allylic oxidation sites excluding steroid dienone is 3. The van der Waals surface area contributed by atoms with Crippen LogP contribution in [0.3, 0.4) is 0 Å². The molecule has 114 valence electrons. The SMILES string of the molecule is C=C1C=CC(C)C(C)(C)C1Cc1cc(OC)c(Br)cc1O. The molecule has 1 aromatic rings. The molecule has 1 aliphatic rings. The van der Waals surface area contributed by atoms with Crippen LogP contribution >= 0.6 is 15.9 Å². The Morgan fingerprint density at radius 3 is 2.67 bits per heavy atom. The number of phenols is 1. The standard InChI is InChI=1S/C18H23BrO2/c1-11-6-7-12(2)18(3,4)14(11)8-13-9-17(21-5)15(19)10-16(13)20/h6-7,9-10,12,14,20H,1,8H2,2-5H3. The predicted octanol–water partition coefficient (Wildman–Crippen LogP) is 5.11. The molecule has 0 aromatic heterocycles. The van der Waals surface area contributed by atoms with Gasteiger partial charge in [-0.1, -0.05) is 45.1 Å². The van der Waals surface area contributed by atoms with Crippen LogP contribution in [-0.4, -0.2) is 12.2 Å². The van der Waals surface area contributed by atoms with Crippen LogP contribution in [0.5, 0.6) is 11.5 Å². The molecule has 0 saturated carbocycles. The summed E-state index contributed by atoms with van der Waals surface area (Å²) in [6.07, 6.45) is 5.10. The minimum Gasteiger partial charge on any atom is -0.508 e. The summed E-state index contributed by atoms with van der Waals surface area (Å²) in [5.41, 5.74) is 2.13. The Kier molecular flexibility index (Phi) is 4.52. The van der Waals surface area contributed by atoms with E-state index < -0.39 is 0 Å². The topological polar surface area (TPSA) is 29.5 Å². The molecule has 2 unspecified atom stereocenters. The van der Waals surface area contributed by atoms with Gasteiger partial charge in [-0.05, 0) is 57.3 Å². The average Bonchev–Trinajstić information content (AvgIpc) is 2.41. The first-order valence-electron chi connectivity index (χ1n) is 7.19. The molecule has 0 fully saturated rings. The number of ether oxygens (including phenoxy) is 1. The third-order valence-electron chi connectivity index (χ3n) is 4.90. The molecule has 1 aliphatic carbocycles. The molecule has 0 spiro atoms. The first-order valence-corrected chi connectivity index (χ1v) is 7.99. The number of halogens is 1. The van der Waals surface area contributed by atoms with Gasteiger partial charge < -0.3 is 9.84 Å². The minimum absolute atomic E-state index is 0.110. The highest BCUT2D eigenvalue weighted by molar-refractivity contribution is 9.10. The van der Waals surface area contributed by atoms with Gasteiger partial charge in [0.15, 0.2) is 0 Å². The molecule has 1 aromatic carbocycles. The molecule has 21 heavy (non-hydrogen) atoms. The Morgan fingerprint density at radius 2 is 2.05 bits per heavy atom. The molecule has 1 N–H and O–H groups in total. The van der Waals surface area contributed by atoms with E-state index in [4.69, 9.17) is 4.74 Å². The van der Waals surface area contributed by atoms with Crippen molar-refractivity contribution in [3.63, 3.8) is 0 Å². The summed E-state index contributed by atoms with van der Waals surface area (Å²) in [7, 11) is 1.63. The van der Waals surface area contributed by atoms with Gasteiger partial charge in [0.1, 0.15) is 11.5 Å². The summed E-state index contributed by atoms with van der Waals surface area (Å²) in [6.45, 7) is 11.0. The van der Waals surface area contributed by atoms with E-state index in [0.29, 0.717) is 17.6 Å². The summed E-state index contributed by atoms with van der Waals surface area (Å²) in [5, 5.41) is 10.2. The van der Waals surface area contributed by atoms with E-state index in [2.05, 4.69) is 55.4 Å².